The van der Waals surface area contributed by atoms with Crippen LogP contribution in [0.25, 0.3) is 0 Å². The Balaban J connectivity index is 3.45. The Labute approximate surface area is 124 Å². The third kappa shape index (κ3) is 3.12. The van der Waals surface area contributed by atoms with E-state index in [4.69, 9.17) is 5.73 Å². The number of nitrogens with zero attached hydrogens (tertiary/aromatic N) is 1. The first-order chi connectivity index (χ1) is 8.54. The zero-order valence-corrected chi connectivity index (χ0v) is 14.4. The van der Waals surface area contributed by atoms with Crippen molar-refractivity contribution in [3.63, 3.8) is 0 Å². The molecule has 0 saturated heterocycles. The minimum atomic E-state index is -3.56. The highest BCUT2D eigenvalue weighted by Crippen LogP contribution is 2.31. The van der Waals surface area contributed by atoms with Gasteiger partial charge in [0.1, 0.15) is 0 Å². The molecule has 1 aromatic carbocycles. The van der Waals surface area contributed by atoms with Crippen LogP contribution in [0.2, 0.25) is 0 Å². The topological polar surface area (TPSA) is 63.4 Å². The number of hydrogen-bond acceptors (Lipinski definition) is 3. The van der Waals surface area contributed by atoms with Gasteiger partial charge in [-0.25, -0.2) is 8.42 Å². The number of benzene rings is 1. The zero-order chi connectivity index (χ0) is 15.0. The summed E-state index contributed by atoms with van der Waals surface area (Å²) in [4.78, 5) is 0.253. The Hall–Kier alpha value is -0.590. The normalized spacial score (nSPS) is 13.0. The zero-order valence-electron chi connectivity index (χ0n) is 12.0. The summed E-state index contributed by atoms with van der Waals surface area (Å²) in [7, 11) is -1.95. The number of rotatable bonds is 4. The summed E-state index contributed by atoms with van der Waals surface area (Å²) in [6.45, 7) is 7.50. The minimum absolute atomic E-state index is 0.253. The molecule has 2 N–H and O–H groups in total. The van der Waals surface area contributed by atoms with E-state index < -0.39 is 15.6 Å². The SMILES string of the molecule is CCC(C)(C)N(C)S(=O)(=O)c1cc(Br)cc(N)c1C. The van der Waals surface area contributed by atoms with Crippen molar-refractivity contribution in [3.05, 3.63) is 22.2 Å². The summed E-state index contributed by atoms with van der Waals surface area (Å²) in [5.74, 6) is 0. The average Bonchev–Trinajstić information content (AvgIpc) is 2.32. The molecule has 0 aromatic heterocycles. The molecular formula is C13H21BrN2O2S. The summed E-state index contributed by atoms with van der Waals surface area (Å²) >= 11 is 3.29. The fraction of sp³-hybridized carbons (Fsp3) is 0.538. The molecule has 0 aliphatic carbocycles. The van der Waals surface area contributed by atoms with Gasteiger partial charge in [-0.1, -0.05) is 22.9 Å². The molecule has 6 heteroatoms. The van der Waals surface area contributed by atoms with Crippen molar-refractivity contribution in [2.45, 2.75) is 44.6 Å². The first kappa shape index (κ1) is 16.5. The predicted molar refractivity (Wildman–Crippen MR) is 82.6 cm³/mol. The fourth-order valence-electron chi connectivity index (χ4n) is 1.64. The highest BCUT2D eigenvalue weighted by Gasteiger charge is 2.33. The number of anilines is 1. The third-order valence-corrected chi connectivity index (χ3v) is 6.37. The predicted octanol–water partition coefficient (Wildman–Crippen LogP) is 3.15. The van der Waals surface area contributed by atoms with E-state index in [1.807, 2.05) is 20.8 Å². The lowest BCUT2D eigenvalue weighted by Crippen LogP contribution is -2.44. The van der Waals surface area contributed by atoms with Gasteiger partial charge in [-0.05, 0) is 44.9 Å². The van der Waals surface area contributed by atoms with Crippen molar-refractivity contribution < 1.29 is 8.42 Å². The molecule has 0 atom stereocenters. The van der Waals surface area contributed by atoms with Crippen LogP contribution < -0.4 is 5.73 Å². The van der Waals surface area contributed by atoms with E-state index in [0.717, 1.165) is 6.42 Å². The molecule has 0 amide bonds. The van der Waals surface area contributed by atoms with Gasteiger partial charge in [-0.2, -0.15) is 4.31 Å². The van der Waals surface area contributed by atoms with Gasteiger partial charge in [0.2, 0.25) is 10.0 Å². The van der Waals surface area contributed by atoms with Crippen molar-refractivity contribution >= 4 is 31.6 Å². The molecular weight excluding hydrogens is 328 g/mol. The van der Waals surface area contributed by atoms with Gasteiger partial charge in [0.25, 0.3) is 0 Å². The molecule has 0 saturated carbocycles. The Kier molecular flexibility index (Phi) is 4.70. The largest absolute Gasteiger partial charge is 0.398 e. The molecule has 19 heavy (non-hydrogen) atoms. The molecule has 108 valence electrons. The Morgan fingerprint density at radius 2 is 1.89 bits per heavy atom. The van der Waals surface area contributed by atoms with E-state index in [1.54, 1.807) is 26.1 Å². The molecule has 0 radical (unpaired) electrons. The van der Waals surface area contributed by atoms with Crippen LogP contribution in [-0.4, -0.2) is 25.3 Å². The first-order valence-corrected chi connectivity index (χ1v) is 8.32. The molecule has 0 fully saturated rings. The van der Waals surface area contributed by atoms with E-state index in [1.165, 1.54) is 4.31 Å². The van der Waals surface area contributed by atoms with Crippen LogP contribution in [0.1, 0.15) is 32.8 Å². The second kappa shape index (κ2) is 5.42. The molecule has 0 spiro atoms. The first-order valence-electron chi connectivity index (χ1n) is 6.08. The quantitative estimate of drug-likeness (QED) is 0.850. The number of nitrogens with two attached hydrogens (primary N) is 1. The average molecular weight is 349 g/mol. The van der Waals surface area contributed by atoms with Gasteiger partial charge in [0.05, 0.1) is 4.90 Å². The van der Waals surface area contributed by atoms with E-state index in [9.17, 15) is 8.42 Å². The van der Waals surface area contributed by atoms with Gasteiger partial charge in [-0.3, -0.25) is 0 Å². The Morgan fingerprint density at radius 1 is 1.37 bits per heavy atom. The number of sulfonamides is 1. The lowest BCUT2D eigenvalue weighted by Gasteiger charge is -2.34. The molecule has 1 rings (SSSR count). The summed E-state index contributed by atoms with van der Waals surface area (Å²) in [6.07, 6.45) is 0.727. The second-order valence-corrected chi connectivity index (χ2v) is 8.11. The minimum Gasteiger partial charge on any atom is -0.398 e. The third-order valence-electron chi connectivity index (χ3n) is 3.72. The number of hydrogen-bond donors (Lipinski definition) is 1. The van der Waals surface area contributed by atoms with Crippen molar-refractivity contribution in [2.75, 3.05) is 12.8 Å². The molecule has 0 bridgehead atoms. The van der Waals surface area contributed by atoms with Crippen molar-refractivity contribution in [3.8, 4) is 0 Å². The smallest absolute Gasteiger partial charge is 0.243 e. The summed E-state index contributed by atoms with van der Waals surface area (Å²) in [6, 6.07) is 3.31. The van der Waals surface area contributed by atoms with Crippen LogP contribution in [0.4, 0.5) is 5.69 Å². The Bertz CT molecular complexity index is 583. The molecule has 0 heterocycles. The second-order valence-electron chi connectivity index (χ2n) is 5.26. The lowest BCUT2D eigenvalue weighted by atomic mass is 10.0. The monoisotopic (exact) mass is 348 g/mol. The number of nitrogen functional groups attached to an aromatic ring is 1. The van der Waals surface area contributed by atoms with Crippen molar-refractivity contribution in [2.24, 2.45) is 0 Å². The van der Waals surface area contributed by atoms with Crippen molar-refractivity contribution in [1.29, 1.82) is 0 Å². The van der Waals surface area contributed by atoms with Gasteiger partial charge < -0.3 is 5.73 Å². The summed E-state index contributed by atoms with van der Waals surface area (Å²) in [5.41, 5.74) is 6.46. The summed E-state index contributed by atoms with van der Waals surface area (Å²) < 4.78 is 27.5. The van der Waals surface area contributed by atoms with Gasteiger partial charge in [0, 0.05) is 22.7 Å². The maximum atomic E-state index is 12.7. The van der Waals surface area contributed by atoms with Gasteiger partial charge in [-0.15, -0.1) is 0 Å². The Morgan fingerprint density at radius 3 is 2.37 bits per heavy atom. The van der Waals surface area contributed by atoms with E-state index in [2.05, 4.69) is 15.9 Å². The standard InChI is InChI=1S/C13H21BrN2O2S/c1-6-13(3,4)16(5)19(17,18)12-8-10(14)7-11(15)9(12)2/h7-8H,6,15H2,1-5H3. The van der Waals surface area contributed by atoms with E-state index >= 15 is 0 Å². The highest BCUT2D eigenvalue weighted by atomic mass is 79.9. The molecule has 4 nitrogen and oxygen atoms in total. The molecule has 0 aliphatic heterocycles. The van der Waals surface area contributed by atoms with Crippen LogP contribution >= 0.6 is 15.9 Å². The van der Waals surface area contributed by atoms with Crippen LogP contribution in [0, 0.1) is 6.92 Å². The molecule has 0 unspecified atom stereocenters. The van der Waals surface area contributed by atoms with Crippen LogP contribution in [0.15, 0.2) is 21.5 Å². The maximum Gasteiger partial charge on any atom is 0.243 e. The van der Waals surface area contributed by atoms with Crippen molar-refractivity contribution in [1.82, 2.24) is 4.31 Å². The lowest BCUT2D eigenvalue weighted by molar-refractivity contribution is 0.257. The van der Waals surface area contributed by atoms with Gasteiger partial charge >= 0.3 is 0 Å². The fourth-order valence-corrected chi connectivity index (χ4v) is 4.12. The number of halogens is 1. The summed E-state index contributed by atoms with van der Waals surface area (Å²) in [5, 5.41) is 0. The van der Waals surface area contributed by atoms with E-state index in [0.29, 0.717) is 15.7 Å². The van der Waals surface area contributed by atoms with Crippen LogP contribution in [0.5, 0.6) is 0 Å². The van der Waals surface area contributed by atoms with Crippen LogP contribution in [-0.2, 0) is 10.0 Å². The van der Waals surface area contributed by atoms with Gasteiger partial charge in [0.15, 0.2) is 0 Å². The maximum absolute atomic E-state index is 12.7. The van der Waals surface area contributed by atoms with E-state index in [-0.39, 0.29) is 4.90 Å². The molecule has 1 aromatic rings. The highest BCUT2D eigenvalue weighted by molar-refractivity contribution is 9.10. The van der Waals surface area contributed by atoms with Crippen LogP contribution in [0.3, 0.4) is 0 Å². The molecule has 0 aliphatic rings.